The monoisotopic (exact) mass is 396 g/mol. The lowest BCUT2D eigenvalue weighted by Gasteiger charge is -2.27. The molecule has 0 spiro atoms. The molecule has 1 amide bonds. The zero-order valence-corrected chi connectivity index (χ0v) is 17.0. The van der Waals surface area contributed by atoms with Crippen molar-refractivity contribution in [2.24, 2.45) is 5.92 Å². The number of ether oxygens (including phenoxy) is 1. The van der Waals surface area contributed by atoms with E-state index in [0.717, 1.165) is 25.1 Å². The van der Waals surface area contributed by atoms with Crippen LogP contribution in [0.4, 0.5) is 5.69 Å². The van der Waals surface area contributed by atoms with Crippen LogP contribution in [0.2, 0.25) is 0 Å². The molecular weight excluding hydrogens is 366 g/mol. The summed E-state index contributed by atoms with van der Waals surface area (Å²) >= 11 is 0. The summed E-state index contributed by atoms with van der Waals surface area (Å²) in [5.41, 5.74) is 1.42. The van der Waals surface area contributed by atoms with E-state index in [2.05, 4.69) is 12.2 Å². The number of anilines is 1. The molecule has 0 bridgehead atoms. The zero-order chi connectivity index (χ0) is 19.4. The molecular formula is C19H30N3O4S+. The van der Waals surface area contributed by atoms with Crippen molar-refractivity contribution in [1.29, 1.82) is 0 Å². The molecule has 27 heavy (non-hydrogen) atoms. The minimum Gasteiger partial charge on any atom is -0.379 e. The Morgan fingerprint density at radius 3 is 2.78 bits per heavy atom. The Labute approximate surface area is 161 Å². The summed E-state index contributed by atoms with van der Waals surface area (Å²) in [4.78, 5) is 14.0. The van der Waals surface area contributed by atoms with Gasteiger partial charge >= 0.3 is 0 Å². The van der Waals surface area contributed by atoms with Gasteiger partial charge in [-0.15, -0.1) is 0 Å². The summed E-state index contributed by atoms with van der Waals surface area (Å²) in [5, 5.41) is 2.92. The van der Waals surface area contributed by atoms with Crippen LogP contribution in [0.5, 0.6) is 0 Å². The lowest BCUT2D eigenvalue weighted by molar-refractivity contribution is -0.900. The fraction of sp³-hybridized carbons (Fsp3) is 0.632. The molecule has 2 N–H and O–H groups in total. The van der Waals surface area contributed by atoms with Gasteiger partial charge in [-0.1, -0.05) is 13.0 Å². The molecule has 2 heterocycles. The van der Waals surface area contributed by atoms with Crippen LogP contribution in [0, 0.1) is 12.8 Å². The molecule has 2 atom stereocenters. The highest BCUT2D eigenvalue weighted by molar-refractivity contribution is 7.89. The van der Waals surface area contributed by atoms with Gasteiger partial charge in [-0.05, 0) is 37.5 Å². The maximum absolute atomic E-state index is 12.8. The Balaban J connectivity index is 1.70. The van der Waals surface area contributed by atoms with Gasteiger partial charge in [0, 0.05) is 24.7 Å². The van der Waals surface area contributed by atoms with Crippen molar-refractivity contribution in [3.63, 3.8) is 0 Å². The number of likely N-dealkylation sites (tertiary alicyclic amines) is 1. The van der Waals surface area contributed by atoms with Crippen molar-refractivity contribution in [2.45, 2.75) is 31.6 Å². The third kappa shape index (κ3) is 5.07. The van der Waals surface area contributed by atoms with Gasteiger partial charge in [0.15, 0.2) is 6.54 Å². The first-order valence-electron chi connectivity index (χ1n) is 9.68. The lowest BCUT2D eigenvalue weighted by Crippen LogP contribution is -3.14. The zero-order valence-electron chi connectivity index (χ0n) is 16.2. The van der Waals surface area contributed by atoms with Crippen molar-refractivity contribution in [3.8, 4) is 0 Å². The van der Waals surface area contributed by atoms with Crippen LogP contribution < -0.4 is 10.2 Å². The molecule has 8 heteroatoms. The number of hydrogen-bond acceptors (Lipinski definition) is 4. The van der Waals surface area contributed by atoms with Gasteiger partial charge in [-0.25, -0.2) is 8.42 Å². The second kappa shape index (κ2) is 8.68. The van der Waals surface area contributed by atoms with E-state index in [1.807, 2.05) is 6.92 Å². The van der Waals surface area contributed by atoms with Crippen molar-refractivity contribution in [1.82, 2.24) is 4.31 Å². The normalized spacial score (nSPS) is 24.5. The molecule has 7 nitrogen and oxygen atoms in total. The first-order valence-corrected chi connectivity index (χ1v) is 11.1. The van der Waals surface area contributed by atoms with Crippen LogP contribution in [0.3, 0.4) is 0 Å². The average Bonchev–Trinajstić information content (AvgIpc) is 2.64. The Kier molecular flexibility index (Phi) is 6.52. The Morgan fingerprint density at radius 1 is 1.33 bits per heavy atom. The summed E-state index contributed by atoms with van der Waals surface area (Å²) in [6, 6.07) is 4.93. The quantitative estimate of drug-likeness (QED) is 0.749. The highest BCUT2D eigenvalue weighted by atomic mass is 32.2. The first kappa shape index (κ1) is 20.3. The van der Waals surface area contributed by atoms with Crippen LogP contribution in [0.1, 0.15) is 25.3 Å². The van der Waals surface area contributed by atoms with E-state index in [4.69, 9.17) is 4.74 Å². The smallest absolute Gasteiger partial charge is 0.279 e. The highest BCUT2D eigenvalue weighted by Crippen LogP contribution is 2.23. The van der Waals surface area contributed by atoms with Crippen LogP contribution >= 0.6 is 0 Å². The summed E-state index contributed by atoms with van der Waals surface area (Å²) in [6.45, 7) is 8.07. The van der Waals surface area contributed by atoms with Crippen molar-refractivity contribution < 1.29 is 22.8 Å². The molecule has 0 aliphatic carbocycles. The molecule has 1 aromatic rings. The van der Waals surface area contributed by atoms with E-state index in [1.165, 1.54) is 15.6 Å². The minimum atomic E-state index is -3.57. The maximum atomic E-state index is 12.8. The van der Waals surface area contributed by atoms with Crippen LogP contribution in [-0.4, -0.2) is 64.6 Å². The molecule has 1 unspecified atom stereocenters. The number of nitrogens with zero attached hydrogens (tertiary/aromatic N) is 1. The SMILES string of the molecule is Cc1ccc(S(=O)(=O)N2CCOCC2)cc1NC(=O)C[NH+]1CCC[C@H](C)C1. The van der Waals surface area contributed by atoms with Crippen LogP contribution in [0.15, 0.2) is 23.1 Å². The van der Waals surface area contributed by atoms with Crippen molar-refractivity contribution in [3.05, 3.63) is 23.8 Å². The van der Waals surface area contributed by atoms with E-state index in [9.17, 15) is 13.2 Å². The molecule has 3 rings (SSSR count). The van der Waals surface area contributed by atoms with E-state index in [1.54, 1.807) is 18.2 Å². The Bertz CT molecular complexity index is 775. The summed E-state index contributed by atoms with van der Waals surface area (Å²) < 4.78 is 32.4. The molecule has 150 valence electrons. The number of amides is 1. The van der Waals surface area contributed by atoms with Crippen molar-refractivity contribution >= 4 is 21.6 Å². The second-order valence-electron chi connectivity index (χ2n) is 7.67. The topological polar surface area (TPSA) is 80.2 Å². The van der Waals surface area contributed by atoms with Gasteiger partial charge in [0.1, 0.15) is 0 Å². The number of benzene rings is 1. The van der Waals surface area contributed by atoms with Crippen LogP contribution in [0.25, 0.3) is 0 Å². The number of nitrogens with one attached hydrogen (secondary N) is 2. The highest BCUT2D eigenvalue weighted by Gasteiger charge is 2.27. The standard InChI is InChI=1S/C19H29N3O4S/c1-15-4-3-7-21(13-15)14-19(23)20-18-12-17(6-5-16(18)2)27(24,25)22-8-10-26-11-9-22/h5-6,12,15H,3-4,7-11,13-14H2,1-2H3,(H,20,23)/p+1/t15-/m0/s1. The number of carbonyl (C=O) groups is 1. The van der Waals surface area contributed by atoms with Gasteiger partial charge < -0.3 is 15.0 Å². The first-order chi connectivity index (χ1) is 12.9. The van der Waals surface area contributed by atoms with E-state index < -0.39 is 10.0 Å². The van der Waals surface area contributed by atoms with Gasteiger partial charge in [-0.3, -0.25) is 4.79 Å². The predicted octanol–water partition coefficient (Wildman–Crippen LogP) is 0.269. The molecule has 1 aromatic carbocycles. The molecule has 2 fully saturated rings. The lowest BCUT2D eigenvalue weighted by atomic mass is 10.0. The molecule has 0 radical (unpaired) electrons. The predicted molar refractivity (Wildman–Crippen MR) is 103 cm³/mol. The molecule has 2 aliphatic heterocycles. The Hall–Kier alpha value is -1.48. The van der Waals surface area contributed by atoms with Gasteiger partial charge in [-0.2, -0.15) is 4.31 Å². The number of morpholine rings is 1. The van der Waals surface area contributed by atoms with Crippen molar-refractivity contribution in [2.75, 3.05) is 51.3 Å². The van der Waals surface area contributed by atoms with Crippen LogP contribution in [-0.2, 0) is 19.6 Å². The number of sulfonamides is 1. The summed E-state index contributed by atoms with van der Waals surface area (Å²) in [7, 11) is -3.57. The van der Waals surface area contributed by atoms with E-state index in [0.29, 0.717) is 44.5 Å². The number of piperidine rings is 1. The number of rotatable bonds is 5. The summed E-state index contributed by atoms with van der Waals surface area (Å²) in [6.07, 6.45) is 2.38. The third-order valence-corrected chi connectivity index (χ3v) is 7.26. The molecule has 2 saturated heterocycles. The molecule has 0 aromatic heterocycles. The fourth-order valence-electron chi connectivity index (χ4n) is 3.81. The maximum Gasteiger partial charge on any atom is 0.279 e. The van der Waals surface area contributed by atoms with Gasteiger partial charge in [0.05, 0.1) is 31.2 Å². The number of quaternary nitrogens is 1. The average molecular weight is 397 g/mol. The Morgan fingerprint density at radius 2 is 2.07 bits per heavy atom. The summed E-state index contributed by atoms with van der Waals surface area (Å²) in [5.74, 6) is 0.577. The number of carbonyl (C=O) groups excluding carboxylic acids is 1. The second-order valence-corrected chi connectivity index (χ2v) is 9.61. The largest absolute Gasteiger partial charge is 0.379 e. The molecule has 2 aliphatic rings. The van der Waals surface area contributed by atoms with Gasteiger partial charge in [0.25, 0.3) is 5.91 Å². The molecule has 0 saturated carbocycles. The van der Waals surface area contributed by atoms with E-state index >= 15 is 0 Å². The van der Waals surface area contributed by atoms with E-state index in [-0.39, 0.29) is 10.8 Å². The third-order valence-electron chi connectivity index (χ3n) is 5.37. The number of hydrogen-bond donors (Lipinski definition) is 2. The fourth-order valence-corrected chi connectivity index (χ4v) is 5.25. The number of aryl methyl sites for hydroxylation is 1. The minimum absolute atomic E-state index is 0.0666. The van der Waals surface area contributed by atoms with Gasteiger partial charge in [0.2, 0.25) is 10.0 Å².